The molecule has 2 amide bonds. The van der Waals surface area contributed by atoms with Gasteiger partial charge in [-0.15, -0.1) is 0 Å². The number of nitrogens with one attached hydrogen (secondary N) is 1. The monoisotopic (exact) mass is 198 g/mol. The van der Waals surface area contributed by atoms with Gasteiger partial charge < -0.3 is 10.2 Å². The van der Waals surface area contributed by atoms with Gasteiger partial charge >= 0.3 is 0 Å². The summed E-state index contributed by atoms with van der Waals surface area (Å²) in [6.07, 6.45) is 4.37. The predicted octanol–water partition coefficient (Wildman–Crippen LogP) is 0.379. The molecule has 0 aromatic rings. The van der Waals surface area contributed by atoms with Crippen molar-refractivity contribution in [3.63, 3.8) is 0 Å². The molecule has 0 aromatic carbocycles. The molecule has 0 aliphatic heterocycles. The van der Waals surface area contributed by atoms with E-state index >= 15 is 0 Å². The van der Waals surface area contributed by atoms with Crippen LogP contribution in [0.25, 0.3) is 0 Å². The van der Waals surface area contributed by atoms with Gasteiger partial charge in [-0.05, 0) is 25.7 Å². The molecule has 1 aliphatic carbocycles. The van der Waals surface area contributed by atoms with Crippen molar-refractivity contribution in [2.45, 2.75) is 31.7 Å². The van der Waals surface area contributed by atoms with Crippen LogP contribution >= 0.6 is 0 Å². The van der Waals surface area contributed by atoms with E-state index in [-0.39, 0.29) is 17.9 Å². The zero-order valence-corrected chi connectivity index (χ0v) is 8.82. The fourth-order valence-electron chi connectivity index (χ4n) is 1.97. The van der Waals surface area contributed by atoms with Gasteiger partial charge in [0.1, 0.15) is 0 Å². The van der Waals surface area contributed by atoms with Crippen molar-refractivity contribution in [2.24, 2.45) is 5.92 Å². The lowest BCUT2D eigenvalue weighted by atomic mass is 9.85. The van der Waals surface area contributed by atoms with Crippen LogP contribution in [0.3, 0.4) is 0 Å². The van der Waals surface area contributed by atoms with E-state index in [1.165, 1.54) is 0 Å². The van der Waals surface area contributed by atoms with Gasteiger partial charge in [0.05, 0.1) is 0 Å². The quantitative estimate of drug-likeness (QED) is 0.666. The van der Waals surface area contributed by atoms with E-state index in [0.717, 1.165) is 32.1 Å². The highest BCUT2D eigenvalue weighted by atomic mass is 16.2. The maximum Gasteiger partial charge on any atom is 0.225 e. The van der Waals surface area contributed by atoms with Gasteiger partial charge in [-0.1, -0.05) is 0 Å². The molecule has 1 saturated carbocycles. The molecule has 1 N–H and O–H groups in total. The van der Waals surface area contributed by atoms with Gasteiger partial charge in [-0.3, -0.25) is 9.59 Å². The van der Waals surface area contributed by atoms with Gasteiger partial charge in [-0.25, -0.2) is 0 Å². The van der Waals surface area contributed by atoms with Gasteiger partial charge in [0.25, 0.3) is 0 Å². The molecule has 1 rings (SSSR count). The van der Waals surface area contributed by atoms with E-state index in [0.29, 0.717) is 0 Å². The average molecular weight is 198 g/mol. The molecule has 0 aromatic heterocycles. The number of carbonyl (C=O) groups is 2. The number of carbonyl (C=O) groups excluding carboxylic acids is 2. The van der Waals surface area contributed by atoms with Crippen LogP contribution in [0.2, 0.25) is 0 Å². The predicted molar refractivity (Wildman–Crippen MR) is 53.6 cm³/mol. The van der Waals surface area contributed by atoms with Gasteiger partial charge in [-0.2, -0.15) is 0 Å². The van der Waals surface area contributed by atoms with Crippen LogP contribution in [0.4, 0.5) is 0 Å². The molecule has 0 heterocycles. The van der Waals surface area contributed by atoms with E-state index in [4.69, 9.17) is 0 Å². The van der Waals surface area contributed by atoms with Crippen LogP contribution in [-0.4, -0.2) is 37.4 Å². The number of rotatable bonds is 3. The zero-order valence-electron chi connectivity index (χ0n) is 8.82. The molecule has 14 heavy (non-hydrogen) atoms. The third-order valence-electron chi connectivity index (χ3n) is 2.82. The first kappa shape index (κ1) is 11.0. The van der Waals surface area contributed by atoms with E-state index in [2.05, 4.69) is 5.32 Å². The summed E-state index contributed by atoms with van der Waals surface area (Å²) in [7, 11) is 3.58. The van der Waals surface area contributed by atoms with Crippen LogP contribution < -0.4 is 5.32 Å². The van der Waals surface area contributed by atoms with E-state index in [1.54, 1.807) is 19.0 Å². The second kappa shape index (κ2) is 4.98. The third-order valence-corrected chi connectivity index (χ3v) is 2.82. The van der Waals surface area contributed by atoms with Crippen molar-refractivity contribution in [1.29, 1.82) is 0 Å². The molecule has 4 heteroatoms. The Hall–Kier alpha value is -1.06. The molecule has 0 bridgehead atoms. The summed E-state index contributed by atoms with van der Waals surface area (Å²) in [6.45, 7) is 0. The fraction of sp³-hybridized carbons (Fsp3) is 0.800. The summed E-state index contributed by atoms with van der Waals surface area (Å²) in [5.41, 5.74) is 0. The van der Waals surface area contributed by atoms with Gasteiger partial charge in [0.15, 0.2) is 0 Å². The average Bonchev–Trinajstić information content (AvgIpc) is 2.18. The molecule has 0 radical (unpaired) electrons. The summed E-state index contributed by atoms with van der Waals surface area (Å²) < 4.78 is 0. The van der Waals surface area contributed by atoms with Crippen LogP contribution in [0, 0.1) is 5.92 Å². The molecule has 1 aliphatic rings. The van der Waals surface area contributed by atoms with Crippen molar-refractivity contribution in [1.82, 2.24) is 10.2 Å². The van der Waals surface area contributed by atoms with Gasteiger partial charge in [0, 0.05) is 26.1 Å². The van der Waals surface area contributed by atoms with Crippen molar-refractivity contribution >= 4 is 12.3 Å². The Bertz CT molecular complexity index is 208. The van der Waals surface area contributed by atoms with Crippen LogP contribution in [0.5, 0.6) is 0 Å². The number of nitrogens with zero attached hydrogens (tertiary/aromatic N) is 1. The lowest BCUT2D eigenvalue weighted by Gasteiger charge is -2.28. The highest BCUT2D eigenvalue weighted by Crippen LogP contribution is 2.25. The Morgan fingerprint density at radius 3 is 2.29 bits per heavy atom. The second-order valence-corrected chi connectivity index (χ2v) is 4.07. The maximum atomic E-state index is 11.6. The summed E-state index contributed by atoms with van der Waals surface area (Å²) in [5, 5.41) is 2.77. The molecule has 0 spiro atoms. The fourth-order valence-corrected chi connectivity index (χ4v) is 1.97. The largest absolute Gasteiger partial charge is 0.356 e. The minimum absolute atomic E-state index is 0.162. The van der Waals surface area contributed by atoms with E-state index in [1.807, 2.05) is 0 Å². The van der Waals surface area contributed by atoms with Crippen LogP contribution in [0.15, 0.2) is 0 Å². The SMILES string of the molecule is CN(C)C(=O)C1CCC(NC=O)CC1. The molecule has 0 atom stereocenters. The first-order valence-corrected chi connectivity index (χ1v) is 5.06. The Morgan fingerprint density at radius 1 is 1.29 bits per heavy atom. The standard InChI is InChI=1S/C10H18N2O2/c1-12(2)10(14)8-3-5-9(6-4-8)11-7-13/h7-9H,3-6H2,1-2H3,(H,11,13). The molecule has 1 fully saturated rings. The number of hydrogen-bond donors (Lipinski definition) is 1. The summed E-state index contributed by atoms with van der Waals surface area (Å²) in [5.74, 6) is 0.379. The van der Waals surface area contributed by atoms with Crippen LogP contribution in [-0.2, 0) is 9.59 Å². The van der Waals surface area contributed by atoms with E-state index < -0.39 is 0 Å². The Balaban J connectivity index is 2.35. The van der Waals surface area contributed by atoms with Crippen molar-refractivity contribution in [3.8, 4) is 0 Å². The number of amides is 2. The maximum absolute atomic E-state index is 11.6. The highest BCUT2D eigenvalue weighted by Gasteiger charge is 2.26. The Morgan fingerprint density at radius 2 is 1.86 bits per heavy atom. The smallest absolute Gasteiger partial charge is 0.225 e. The second-order valence-electron chi connectivity index (χ2n) is 4.07. The molecule has 80 valence electrons. The molecule has 4 nitrogen and oxygen atoms in total. The summed E-state index contributed by atoms with van der Waals surface area (Å²) in [6, 6.07) is 0.277. The normalized spacial score (nSPS) is 26.7. The number of hydrogen-bond acceptors (Lipinski definition) is 2. The third kappa shape index (κ3) is 2.72. The molecule has 0 saturated heterocycles. The lowest BCUT2D eigenvalue weighted by Crippen LogP contribution is -2.37. The van der Waals surface area contributed by atoms with Crippen molar-refractivity contribution < 1.29 is 9.59 Å². The summed E-state index contributed by atoms with van der Waals surface area (Å²) >= 11 is 0. The molecule has 0 unspecified atom stereocenters. The van der Waals surface area contributed by atoms with E-state index in [9.17, 15) is 9.59 Å². The van der Waals surface area contributed by atoms with Gasteiger partial charge in [0.2, 0.25) is 12.3 Å². The van der Waals surface area contributed by atoms with Crippen molar-refractivity contribution in [2.75, 3.05) is 14.1 Å². The zero-order chi connectivity index (χ0) is 10.6. The first-order chi connectivity index (χ1) is 6.65. The molecular formula is C10H18N2O2. The first-order valence-electron chi connectivity index (χ1n) is 5.06. The summed E-state index contributed by atoms with van der Waals surface area (Å²) in [4.78, 5) is 23.5. The highest BCUT2D eigenvalue weighted by molar-refractivity contribution is 5.78. The van der Waals surface area contributed by atoms with Crippen LogP contribution in [0.1, 0.15) is 25.7 Å². The molecular weight excluding hydrogens is 180 g/mol. The van der Waals surface area contributed by atoms with Crippen molar-refractivity contribution in [3.05, 3.63) is 0 Å². The lowest BCUT2D eigenvalue weighted by molar-refractivity contribution is -0.134. The topological polar surface area (TPSA) is 49.4 Å². The Kier molecular flexibility index (Phi) is 3.92. The Labute approximate surface area is 84.7 Å². The minimum atomic E-state index is 0.162. The minimum Gasteiger partial charge on any atom is -0.356 e.